The van der Waals surface area contributed by atoms with Crippen molar-refractivity contribution in [3.63, 3.8) is 0 Å². The number of hydrogen-bond acceptors (Lipinski definition) is 4. The van der Waals surface area contributed by atoms with E-state index in [9.17, 15) is 25.2 Å². The highest BCUT2D eigenvalue weighted by Crippen LogP contribution is 2.38. The molecule has 0 spiro atoms. The van der Waals surface area contributed by atoms with Gasteiger partial charge in [-0.25, -0.2) is 0 Å². The first-order valence-electron chi connectivity index (χ1n) is 14.7. The SMILES string of the molecule is CC1(C)C=C(/C=C\C2=CC(C)(C)C=C(CCCCC(C)(C)C(=O)O)C2O)C(O)C(CCCCC(C)(C)CO)=C1. The molecule has 0 aromatic heterocycles. The molecular formula is C34H54O5. The van der Waals surface area contributed by atoms with E-state index in [1.165, 1.54) is 0 Å². The minimum atomic E-state index is -0.776. The first-order valence-corrected chi connectivity index (χ1v) is 14.7. The van der Waals surface area contributed by atoms with Crippen LogP contribution in [0.4, 0.5) is 0 Å². The molecule has 0 bridgehead atoms. The highest BCUT2D eigenvalue weighted by Gasteiger charge is 2.29. The molecular weight excluding hydrogens is 488 g/mol. The number of carboxylic acids is 1. The van der Waals surface area contributed by atoms with Gasteiger partial charge < -0.3 is 20.4 Å². The number of unbranched alkanes of at least 4 members (excludes halogenated alkanes) is 2. The van der Waals surface area contributed by atoms with Crippen molar-refractivity contribution < 1.29 is 25.2 Å². The molecule has 2 atom stereocenters. The lowest BCUT2D eigenvalue weighted by atomic mass is 9.77. The summed E-state index contributed by atoms with van der Waals surface area (Å²) in [6.07, 6.45) is 17.7. The third kappa shape index (κ3) is 10.2. The van der Waals surface area contributed by atoms with E-state index in [4.69, 9.17) is 0 Å². The molecule has 0 aliphatic heterocycles. The van der Waals surface area contributed by atoms with E-state index in [0.29, 0.717) is 6.42 Å². The lowest BCUT2D eigenvalue weighted by Gasteiger charge is -2.31. The molecule has 39 heavy (non-hydrogen) atoms. The van der Waals surface area contributed by atoms with E-state index in [1.54, 1.807) is 13.8 Å². The highest BCUT2D eigenvalue weighted by molar-refractivity contribution is 5.73. The molecule has 0 saturated heterocycles. The van der Waals surface area contributed by atoms with Gasteiger partial charge in [-0.1, -0.05) is 90.8 Å². The van der Waals surface area contributed by atoms with E-state index >= 15 is 0 Å². The van der Waals surface area contributed by atoms with Gasteiger partial charge in [-0.2, -0.15) is 0 Å². The van der Waals surface area contributed by atoms with Crippen molar-refractivity contribution in [2.24, 2.45) is 21.7 Å². The predicted molar refractivity (Wildman–Crippen MR) is 160 cm³/mol. The number of hydrogen-bond donors (Lipinski definition) is 4. The van der Waals surface area contributed by atoms with E-state index in [1.807, 2.05) is 12.2 Å². The molecule has 2 aliphatic carbocycles. The van der Waals surface area contributed by atoms with Crippen molar-refractivity contribution in [3.05, 3.63) is 58.7 Å². The Balaban J connectivity index is 2.07. The molecule has 4 N–H and O–H groups in total. The van der Waals surface area contributed by atoms with Crippen LogP contribution in [-0.4, -0.2) is 45.2 Å². The fourth-order valence-corrected chi connectivity index (χ4v) is 5.55. The zero-order valence-electron chi connectivity index (χ0n) is 25.7. The van der Waals surface area contributed by atoms with E-state index < -0.39 is 23.6 Å². The van der Waals surface area contributed by atoms with Gasteiger partial charge in [0.15, 0.2) is 0 Å². The van der Waals surface area contributed by atoms with Crippen LogP contribution in [0, 0.1) is 21.7 Å². The lowest BCUT2D eigenvalue weighted by Crippen LogP contribution is -2.25. The average molecular weight is 543 g/mol. The molecule has 5 heteroatoms. The number of aliphatic carboxylic acids is 1. The summed E-state index contributed by atoms with van der Waals surface area (Å²) in [5, 5.41) is 41.3. The molecule has 0 saturated carbocycles. The average Bonchev–Trinajstić information content (AvgIpc) is 2.82. The van der Waals surface area contributed by atoms with Gasteiger partial charge in [-0.15, -0.1) is 0 Å². The standard InChI is InChI=1S/C34H54O5/c1-31(2,23-35)17-11-9-13-24-19-32(3,4)21-26(28(24)36)15-16-27-22-33(5,6)20-25(29(27)37)14-10-12-18-34(7,8)30(38)39/h15-16,19-22,28-29,35-37H,9-14,17-18,23H2,1-8H3,(H,38,39)/b16-15-. The Morgan fingerprint density at radius 2 is 1.18 bits per heavy atom. The van der Waals surface area contributed by atoms with Crippen LogP contribution in [0.3, 0.4) is 0 Å². The zero-order valence-corrected chi connectivity index (χ0v) is 25.7. The third-order valence-corrected chi connectivity index (χ3v) is 8.09. The summed E-state index contributed by atoms with van der Waals surface area (Å²) in [5.74, 6) is -0.776. The maximum Gasteiger partial charge on any atom is 0.309 e. The van der Waals surface area contributed by atoms with Crippen LogP contribution in [-0.2, 0) is 4.79 Å². The van der Waals surface area contributed by atoms with Crippen molar-refractivity contribution in [2.45, 2.75) is 119 Å². The molecule has 5 nitrogen and oxygen atoms in total. The van der Waals surface area contributed by atoms with Gasteiger partial charge in [0, 0.05) is 17.4 Å². The van der Waals surface area contributed by atoms with Crippen molar-refractivity contribution in [2.75, 3.05) is 6.61 Å². The maximum absolute atomic E-state index is 11.4. The first-order chi connectivity index (χ1) is 17.9. The van der Waals surface area contributed by atoms with Gasteiger partial charge in [0.25, 0.3) is 0 Å². The molecule has 220 valence electrons. The molecule has 0 amide bonds. The maximum atomic E-state index is 11.4. The second-order valence-corrected chi connectivity index (χ2v) is 14.4. The number of rotatable bonds is 14. The molecule has 0 aromatic rings. The largest absolute Gasteiger partial charge is 0.481 e. The Morgan fingerprint density at radius 3 is 1.56 bits per heavy atom. The molecule has 0 aromatic carbocycles. The summed E-state index contributed by atoms with van der Waals surface area (Å²) in [7, 11) is 0. The van der Waals surface area contributed by atoms with Crippen LogP contribution >= 0.6 is 0 Å². The van der Waals surface area contributed by atoms with Gasteiger partial charge >= 0.3 is 5.97 Å². The van der Waals surface area contributed by atoms with Crippen molar-refractivity contribution in [3.8, 4) is 0 Å². The normalized spacial score (nSPS) is 23.3. The number of aliphatic hydroxyl groups excluding tert-OH is 3. The second kappa shape index (κ2) is 13.1. The number of carbonyl (C=O) groups is 1. The predicted octanol–water partition coefficient (Wildman–Crippen LogP) is 7.30. The van der Waals surface area contributed by atoms with Crippen molar-refractivity contribution >= 4 is 5.97 Å². The van der Waals surface area contributed by atoms with Crippen molar-refractivity contribution in [1.29, 1.82) is 0 Å². The van der Waals surface area contributed by atoms with Gasteiger partial charge in [-0.3, -0.25) is 4.79 Å². The smallest absolute Gasteiger partial charge is 0.309 e. The van der Waals surface area contributed by atoms with Crippen LogP contribution < -0.4 is 0 Å². The molecule has 2 rings (SSSR count). The van der Waals surface area contributed by atoms with Crippen LogP contribution in [0.15, 0.2) is 58.7 Å². The van der Waals surface area contributed by atoms with Gasteiger partial charge in [-0.05, 0) is 80.1 Å². The van der Waals surface area contributed by atoms with E-state index in [0.717, 1.165) is 67.2 Å². The van der Waals surface area contributed by atoms with E-state index in [2.05, 4.69) is 65.8 Å². The van der Waals surface area contributed by atoms with Crippen LogP contribution in [0.1, 0.15) is 107 Å². The van der Waals surface area contributed by atoms with Gasteiger partial charge in [0.05, 0.1) is 17.6 Å². The molecule has 2 unspecified atom stereocenters. The molecule has 0 heterocycles. The Bertz CT molecular complexity index is 1020. The van der Waals surface area contributed by atoms with Crippen molar-refractivity contribution in [1.82, 2.24) is 0 Å². The summed E-state index contributed by atoms with van der Waals surface area (Å²) < 4.78 is 0. The van der Waals surface area contributed by atoms with E-state index in [-0.39, 0.29) is 22.9 Å². The molecule has 0 radical (unpaired) electrons. The Morgan fingerprint density at radius 1 is 0.769 bits per heavy atom. The third-order valence-electron chi connectivity index (χ3n) is 8.09. The van der Waals surface area contributed by atoms with Crippen LogP contribution in [0.5, 0.6) is 0 Å². The monoisotopic (exact) mass is 542 g/mol. The fourth-order valence-electron chi connectivity index (χ4n) is 5.55. The molecule has 2 aliphatic rings. The Kier molecular flexibility index (Phi) is 11.2. The summed E-state index contributed by atoms with van der Waals surface area (Å²) in [5.41, 5.74) is 2.50. The minimum Gasteiger partial charge on any atom is -0.481 e. The lowest BCUT2D eigenvalue weighted by molar-refractivity contribution is -0.147. The fraction of sp³-hybridized carbons (Fsp3) is 0.676. The summed E-state index contributed by atoms with van der Waals surface area (Å²) >= 11 is 0. The van der Waals surface area contributed by atoms with Crippen LogP contribution in [0.25, 0.3) is 0 Å². The topological polar surface area (TPSA) is 98.0 Å². The summed E-state index contributed by atoms with van der Waals surface area (Å²) in [4.78, 5) is 11.4. The second-order valence-electron chi connectivity index (χ2n) is 14.4. The number of allylic oxidation sites excluding steroid dienone is 4. The number of carboxylic acid groups (broad SMARTS) is 1. The zero-order chi connectivity index (χ0) is 29.6. The Hall–Kier alpha value is -1.95. The Labute approximate surface area is 237 Å². The number of aliphatic hydroxyl groups is 3. The highest BCUT2D eigenvalue weighted by atomic mass is 16.4. The summed E-state index contributed by atoms with van der Waals surface area (Å²) in [6.45, 7) is 16.4. The van der Waals surface area contributed by atoms with Crippen LogP contribution in [0.2, 0.25) is 0 Å². The first kappa shape index (κ1) is 33.3. The molecule has 0 fully saturated rings. The minimum absolute atomic E-state index is 0.0721. The van der Waals surface area contributed by atoms with Gasteiger partial charge in [0.1, 0.15) is 0 Å². The van der Waals surface area contributed by atoms with Gasteiger partial charge in [0.2, 0.25) is 0 Å². The summed E-state index contributed by atoms with van der Waals surface area (Å²) in [6, 6.07) is 0. The quantitative estimate of drug-likeness (QED) is 0.136.